The van der Waals surface area contributed by atoms with Crippen LogP contribution in [0.3, 0.4) is 0 Å². The zero-order valence-electron chi connectivity index (χ0n) is 12.0. The fourth-order valence-corrected chi connectivity index (χ4v) is 4.34. The Kier molecular flexibility index (Phi) is 4.35. The van der Waals surface area contributed by atoms with E-state index >= 15 is 0 Å². The summed E-state index contributed by atoms with van der Waals surface area (Å²) >= 11 is 1.13. The number of nitrogens with zero attached hydrogens (tertiary/aromatic N) is 3. The van der Waals surface area contributed by atoms with E-state index in [1.54, 1.807) is 25.4 Å². The van der Waals surface area contributed by atoms with Crippen molar-refractivity contribution in [3.8, 4) is 0 Å². The molecule has 0 N–H and O–H groups in total. The van der Waals surface area contributed by atoms with Crippen molar-refractivity contribution in [3.63, 3.8) is 0 Å². The molecule has 0 aromatic carbocycles. The molecule has 21 heavy (non-hydrogen) atoms. The second-order valence-electron chi connectivity index (χ2n) is 4.82. The van der Waals surface area contributed by atoms with Gasteiger partial charge in [-0.3, -0.25) is 9.69 Å². The molecule has 0 bridgehead atoms. The Morgan fingerprint density at radius 2 is 2.05 bits per heavy atom. The Labute approximate surface area is 127 Å². The molecule has 1 aliphatic heterocycles. The highest BCUT2D eigenvalue weighted by atomic mass is 32.2. The van der Waals surface area contributed by atoms with Crippen LogP contribution in [0.4, 0.5) is 4.79 Å². The number of amides is 3. The Morgan fingerprint density at radius 1 is 1.38 bits per heavy atom. The van der Waals surface area contributed by atoms with Crippen LogP contribution in [0.1, 0.15) is 6.92 Å². The van der Waals surface area contributed by atoms with Gasteiger partial charge in [0, 0.05) is 27.2 Å². The summed E-state index contributed by atoms with van der Waals surface area (Å²) in [6.07, 6.45) is 0. The third kappa shape index (κ3) is 2.81. The highest BCUT2D eigenvalue weighted by Crippen LogP contribution is 2.20. The number of urea groups is 1. The van der Waals surface area contributed by atoms with Gasteiger partial charge in [-0.15, -0.1) is 11.3 Å². The molecule has 1 atom stereocenters. The summed E-state index contributed by atoms with van der Waals surface area (Å²) in [7, 11) is -0.570. The summed E-state index contributed by atoms with van der Waals surface area (Å²) < 4.78 is 25.9. The van der Waals surface area contributed by atoms with Gasteiger partial charge in [0.15, 0.2) is 0 Å². The number of hydrogen-bond donors (Lipinski definition) is 0. The highest BCUT2D eigenvalue weighted by molar-refractivity contribution is 7.91. The van der Waals surface area contributed by atoms with Crippen molar-refractivity contribution in [1.29, 1.82) is 0 Å². The van der Waals surface area contributed by atoms with Gasteiger partial charge in [-0.1, -0.05) is 6.07 Å². The number of likely N-dealkylation sites (N-methyl/N-ethyl adjacent to an activating group) is 2. The van der Waals surface area contributed by atoms with Gasteiger partial charge in [0.25, 0.3) is 15.9 Å². The lowest BCUT2D eigenvalue weighted by molar-refractivity contribution is -0.127. The molecule has 2 rings (SSSR count). The van der Waals surface area contributed by atoms with Crippen LogP contribution >= 0.6 is 11.3 Å². The van der Waals surface area contributed by atoms with Crippen molar-refractivity contribution >= 4 is 33.3 Å². The molecule has 3 amide bonds. The van der Waals surface area contributed by atoms with E-state index in [2.05, 4.69) is 0 Å². The maximum Gasteiger partial charge on any atom is 0.327 e. The van der Waals surface area contributed by atoms with Crippen LogP contribution in [0, 0.1) is 0 Å². The van der Waals surface area contributed by atoms with Crippen molar-refractivity contribution < 1.29 is 18.0 Å². The van der Waals surface area contributed by atoms with Gasteiger partial charge in [-0.2, -0.15) is 4.31 Å². The van der Waals surface area contributed by atoms with E-state index in [0.29, 0.717) is 0 Å². The zero-order valence-corrected chi connectivity index (χ0v) is 13.6. The Balaban J connectivity index is 2.04. The minimum absolute atomic E-state index is 0.0491. The van der Waals surface area contributed by atoms with Gasteiger partial charge in [0.05, 0.1) is 0 Å². The summed E-state index contributed by atoms with van der Waals surface area (Å²) in [6, 6.07) is 2.29. The first-order valence-electron chi connectivity index (χ1n) is 6.35. The number of rotatable bonds is 5. The van der Waals surface area contributed by atoms with Gasteiger partial charge in [0.2, 0.25) is 0 Å². The summed E-state index contributed by atoms with van der Waals surface area (Å²) in [4.78, 5) is 26.2. The molecule has 1 aliphatic rings. The van der Waals surface area contributed by atoms with E-state index in [1.807, 2.05) is 0 Å². The van der Waals surface area contributed by atoms with Crippen molar-refractivity contribution in [2.45, 2.75) is 17.2 Å². The first kappa shape index (κ1) is 15.9. The molecule has 7 nitrogen and oxygen atoms in total. The van der Waals surface area contributed by atoms with Gasteiger partial charge < -0.3 is 4.90 Å². The van der Waals surface area contributed by atoms with Gasteiger partial charge in [-0.25, -0.2) is 13.2 Å². The van der Waals surface area contributed by atoms with Crippen LogP contribution in [0.2, 0.25) is 0 Å². The molecule has 0 spiro atoms. The minimum atomic E-state index is -3.56. The lowest BCUT2D eigenvalue weighted by atomic mass is 10.3. The van der Waals surface area contributed by atoms with Crippen LogP contribution in [0.5, 0.6) is 0 Å². The third-order valence-electron chi connectivity index (χ3n) is 3.54. The molecule has 1 saturated heterocycles. The predicted molar refractivity (Wildman–Crippen MR) is 78.5 cm³/mol. The molecular weight excluding hydrogens is 314 g/mol. The zero-order chi connectivity index (χ0) is 15.8. The van der Waals surface area contributed by atoms with E-state index in [1.165, 1.54) is 18.0 Å². The smallest absolute Gasteiger partial charge is 0.316 e. The first-order chi connectivity index (χ1) is 9.76. The maximum absolute atomic E-state index is 12.2. The topological polar surface area (TPSA) is 78.0 Å². The van der Waals surface area contributed by atoms with Crippen LogP contribution in [0.15, 0.2) is 21.7 Å². The number of carbonyl (C=O) groups excluding carboxylic acids is 2. The van der Waals surface area contributed by atoms with Crippen LogP contribution < -0.4 is 0 Å². The van der Waals surface area contributed by atoms with E-state index < -0.39 is 22.1 Å². The molecule has 0 radical (unpaired) electrons. The third-order valence-corrected chi connectivity index (χ3v) is 6.77. The SMILES string of the molecule is CC1C(=O)N(CCN(C)S(=O)(=O)c2cccs2)C(=O)N1C. The van der Waals surface area contributed by atoms with Crippen molar-refractivity contribution in [1.82, 2.24) is 14.1 Å². The Morgan fingerprint density at radius 3 is 2.52 bits per heavy atom. The van der Waals surface area contributed by atoms with Gasteiger partial charge in [0.1, 0.15) is 10.3 Å². The monoisotopic (exact) mass is 331 g/mol. The highest BCUT2D eigenvalue weighted by Gasteiger charge is 2.40. The van der Waals surface area contributed by atoms with Crippen LogP contribution in [-0.2, 0) is 14.8 Å². The van der Waals surface area contributed by atoms with E-state index in [4.69, 9.17) is 0 Å². The van der Waals surface area contributed by atoms with Crippen molar-refractivity contribution in [3.05, 3.63) is 17.5 Å². The molecule has 1 fully saturated rings. The van der Waals surface area contributed by atoms with Crippen molar-refractivity contribution in [2.75, 3.05) is 27.2 Å². The van der Waals surface area contributed by atoms with Crippen molar-refractivity contribution in [2.24, 2.45) is 0 Å². The second-order valence-corrected chi connectivity index (χ2v) is 8.04. The summed E-state index contributed by atoms with van der Waals surface area (Å²) in [5.41, 5.74) is 0. The number of sulfonamides is 1. The van der Waals surface area contributed by atoms with E-state index in [-0.39, 0.29) is 23.2 Å². The number of hydrogen-bond acceptors (Lipinski definition) is 5. The molecule has 0 saturated carbocycles. The fraction of sp³-hybridized carbons (Fsp3) is 0.500. The average molecular weight is 331 g/mol. The number of imide groups is 1. The Hall–Kier alpha value is -1.45. The molecule has 1 aromatic rings. The molecular formula is C12H17N3O4S2. The summed E-state index contributed by atoms with van der Waals surface area (Å²) in [5, 5.41) is 1.69. The van der Waals surface area contributed by atoms with Crippen LogP contribution in [-0.4, -0.2) is 67.7 Å². The minimum Gasteiger partial charge on any atom is -0.316 e. The Bertz CT molecular complexity index is 621. The van der Waals surface area contributed by atoms with Crippen LogP contribution in [0.25, 0.3) is 0 Å². The quantitative estimate of drug-likeness (QED) is 0.742. The molecule has 2 heterocycles. The lowest BCUT2D eigenvalue weighted by Gasteiger charge is -2.19. The normalized spacial score (nSPS) is 19.9. The lowest BCUT2D eigenvalue weighted by Crippen LogP contribution is -2.39. The molecule has 116 valence electrons. The van der Waals surface area contributed by atoms with Gasteiger partial charge in [-0.05, 0) is 18.4 Å². The van der Waals surface area contributed by atoms with E-state index in [0.717, 1.165) is 20.5 Å². The van der Waals surface area contributed by atoms with Gasteiger partial charge >= 0.3 is 6.03 Å². The van der Waals surface area contributed by atoms with E-state index in [9.17, 15) is 18.0 Å². The second kappa shape index (κ2) is 5.74. The standard InChI is InChI=1S/C12H17N3O4S2/c1-9-11(16)15(12(17)14(9)3)7-6-13(2)21(18,19)10-5-4-8-20-10/h4-5,8-9H,6-7H2,1-3H3. The largest absolute Gasteiger partial charge is 0.327 e. The summed E-state index contributed by atoms with van der Waals surface area (Å²) in [5.74, 6) is -0.301. The molecule has 0 aliphatic carbocycles. The molecule has 9 heteroatoms. The molecule has 1 aromatic heterocycles. The molecule has 1 unspecified atom stereocenters. The predicted octanol–water partition coefficient (Wildman–Crippen LogP) is 0.651. The fourth-order valence-electron chi connectivity index (χ4n) is 1.97. The number of carbonyl (C=O) groups is 2. The number of thiophene rings is 1. The maximum atomic E-state index is 12.2. The average Bonchev–Trinajstić information content (AvgIpc) is 3.04. The first-order valence-corrected chi connectivity index (χ1v) is 8.67. The summed E-state index contributed by atoms with van der Waals surface area (Å²) in [6.45, 7) is 1.76.